The van der Waals surface area contributed by atoms with Crippen LogP contribution in [0.3, 0.4) is 0 Å². The fourth-order valence-electron chi connectivity index (χ4n) is 2.52. The van der Waals surface area contributed by atoms with Gasteiger partial charge in [0.2, 0.25) is 5.95 Å². The first-order valence-corrected chi connectivity index (χ1v) is 8.93. The molecule has 0 aliphatic heterocycles. The monoisotopic (exact) mass is 366 g/mol. The topological polar surface area (TPSA) is 59.1 Å². The van der Waals surface area contributed by atoms with Crippen molar-refractivity contribution >= 4 is 17.5 Å². The third-order valence-electron chi connectivity index (χ3n) is 3.76. The predicted molar refractivity (Wildman–Crippen MR) is 106 cm³/mol. The molecule has 0 fully saturated rings. The van der Waals surface area contributed by atoms with Crippen LogP contribution in [-0.2, 0) is 6.42 Å². The lowest BCUT2D eigenvalue weighted by Gasteiger charge is -2.11. The van der Waals surface area contributed by atoms with Crippen LogP contribution in [-0.4, -0.2) is 22.6 Å². The first-order valence-electron chi connectivity index (χ1n) is 8.93. The van der Waals surface area contributed by atoms with E-state index >= 15 is 0 Å². The number of anilines is 3. The Morgan fingerprint density at radius 1 is 1.00 bits per heavy atom. The molecule has 0 unspecified atom stereocenters. The molecule has 0 saturated carbocycles. The minimum absolute atomic E-state index is 0.147. The van der Waals surface area contributed by atoms with E-state index in [4.69, 9.17) is 4.74 Å². The third-order valence-corrected chi connectivity index (χ3v) is 3.76. The summed E-state index contributed by atoms with van der Waals surface area (Å²) < 4.78 is 18.6. The summed E-state index contributed by atoms with van der Waals surface area (Å²) in [6, 6.07) is 16.0. The van der Waals surface area contributed by atoms with Crippen LogP contribution in [0.25, 0.3) is 0 Å². The maximum absolute atomic E-state index is 12.9. The van der Waals surface area contributed by atoms with E-state index in [0.29, 0.717) is 18.3 Å². The van der Waals surface area contributed by atoms with Crippen molar-refractivity contribution in [3.05, 3.63) is 72.2 Å². The van der Waals surface area contributed by atoms with E-state index in [2.05, 4.69) is 20.6 Å². The molecule has 0 spiro atoms. The summed E-state index contributed by atoms with van der Waals surface area (Å²) in [4.78, 5) is 8.69. The number of aromatic nitrogens is 2. The highest BCUT2D eigenvalue weighted by Gasteiger charge is 2.02. The van der Waals surface area contributed by atoms with Crippen LogP contribution < -0.4 is 15.4 Å². The Balaban J connectivity index is 1.54. The summed E-state index contributed by atoms with van der Waals surface area (Å²) in [6.07, 6.45) is 2.61. The minimum Gasteiger partial charge on any atom is -0.491 e. The van der Waals surface area contributed by atoms with Gasteiger partial charge in [-0.05, 0) is 68.3 Å². The van der Waals surface area contributed by atoms with E-state index in [1.807, 2.05) is 44.2 Å². The molecule has 0 amide bonds. The van der Waals surface area contributed by atoms with Crippen LogP contribution in [0.4, 0.5) is 21.8 Å². The van der Waals surface area contributed by atoms with Gasteiger partial charge in [0.05, 0.1) is 6.10 Å². The Bertz CT molecular complexity index is 851. The Morgan fingerprint density at radius 2 is 1.74 bits per heavy atom. The van der Waals surface area contributed by atoms with Crippen LogP contribution in [0.1, 0.15) is 19.4 Å². The zero-order valence-electron chi connectivity index (χ0n) is 15.4. The maximum Gasteiger partial charge on any atom is 0.224 e. The summed E-state index contributed by atoms with van der Waals surface area (Å²) in [6.45, 7) is 4.66. The second-order valence-electron chi connectivity index (χ2n) is 6.38. The lowest BCUT2D eigenvalue weighted by atomic mass is 10.1. The number of nitrogens with one attached hydrogen (secondary N) is 2. The zero-order chi connectivity index (χ0) is 19.1. The van der Waals surface area contributed by atoms with Crippen molar-refractivity contribution < 1.29 is 9.13 Å². The highest BCUT2D eigenvalue weighted by molar-refractivity contribution is 5.57. The first kappa shape index (κ1) is 18.6. The fourth-order valence-corrected chi connectivity index (χ4v) is 2.52. The SMILES string of the molecule is CC(C)Oc1ccc(Nc2ccnc(NCCc3ccc(F)cc3)n2)cc1. The molecule has 0 bridgehead atoms. The van der Waals surface area contributed by atoms with Gasteiger partial charge in [-0.25, -0.2) is 9.37 Å². The standard InChI is InChI=1S/C21H23FN4O/c1-15(2)27-19-9-7-18(8-10-19)25-20-12-14-24-21(26-20)23-13-11-16-3-5-17(22)6-4-16/h3-10,12,14-15H,11,13H2,1-2H3,(H2,23,24,25,26). The van der Waals surface area contributed by atoms with Gasteiger partial charge in [-0.1, -0.05) is 12.1 Å². The second kappa shape index (κ2) is 8.98. The molecule has 3 rings (SSSR count). The van der Waals surface area contributed by atoms with E-state index in [-0.39, 0.29) is 11.9 Å². The summed E-state index contributed by atoms with van der Waals surface area (Å²) in [7, 11) is 0. The van der Waals surface area contributed by atoms with E-state index < -0.39 is 0 Å². The zero-order valence-corrected chi connectivity index (χ0v) is 15.4. The highest BCUT2D eigenvalue weighted by atomic mass is 19.1. The molecule has 5 nitrogen and oxygen atoms in total. The van der Waals surface area contributed by atoms with E-state index in [0.717, 1.165) is 23.4 Å². The van der Waals surface area contributed by atoms with Gasteiger partial charge >= 0.3 is 0 Å². The van der Waals surface area contributed by atoms with Crippen molar-refractivity contribution in [2.45, 2.75) is 26.4 Å². The van der Waals surface area contributed by atoms with E-state index in [9.17, 15) is 4.39 Å². The molecule has 6 heteroatoms. The summed E-state index contributed by atoms with van der Waals surface area (Å²) in [5, 5.41) is 6.44. The predicted octanol–water partition coefficient (Wildman–Crippen LogP) is 4.80. The summed E-state index contributed by atoms with van der Waals surface area (Å²) >= 11 is 0. The van der Waals surface area contributed by atoms with Crippen molar-refractivity contribution in [1.82, 2.24) is 9.97 Å². The molecular weight excluding hydrogens is 343 g/mol. The smallest absolute Gasteiger partial charge is 0.224 e. The van der Waals surface area contributed by atoms with Gasteiger partial charge in [0.1, 0.15) is 17.4 Å². The molecule has 0 saturated heterocycles. The van der Waals surface area contributed by atoms with E-state index in [1.54, 1.807) is 18.3 Å². The average molecular weight is 366 g/mol. The number of halogens is 1. The second-order valence-corrected chi connectivity index (χ2v) is 6.38. The fraction of sp³-hybridized carbons (Fsp3) is 0.238. The lowest BCUT2D eigenvalue weighted by Crippen LogP contribution is -2.08. The third kappa shape index (κ3) is 5.95. The summed E-state index contributed by atoms with van der Waals surface area (Å²) in [5.41, 5.74) is 1.98. The molecule has 0 radical (unpaired) electrons. The number of ether oxygens (including phenoxy) is 1. The molecule has 2 N–H and O–H groups in total. The normalized spacial score (nSPS) is 10.7. The molecule has 1 aromatic heterocycles. The van der Waals surface area contributed by atoms with Gasteiger partial charge in [0.15, 0.2) is 0 Å². The van der Waals surface area contributed by atoms with E-state index in [1.165, 1.54) is 12.1 Å². The minimum atomic E-state index is -0.224. The molecule has 0 aliphatic rings. The Morgan fingerprint density at radius 3 is 2.44 bits per heavy atom. The highest BCUT2D eigenvalue weighted by Crippen LogP contribution is 2.20. The summed E-state index contributed by atoms with van der Waals surface area (Å²) in [5.74, 6) is 1.85. The van der Waals surface area contributed by atoms with Gasteiger partial charge in [0, 0.05) is 18.4 Å². The molecular formula is C21H23FN4O. The number of hydrogen-bond donors (Lipinski definition) is 2. The van der Waals surface area contributed by atoms with Gasteiger partial charge in [-0.3, -0.25) is 0 Å². The Kier molecular flexibility index (Phi) is 6.20. The van der Waals surface area contributed by atoms with Crippen LogP contribution in [0.5, 0.6) is 5.75 Å². The van der Waals surface area contributed by atoms with Crippen LogP contribution in [0.15, 0.2) is 60.8 Å². The largest absolute Gasteiger partial charge is 0.491 e. The first-order chi connectivity index (χ1) is 13.1. The molecule has 140 valence electrons. The lowest BCUT2D eigenvalue weighted by molar-refractivity contribution is 0.242. The molecule has 3 aromatic rings. The van der Waals surface area contributed by atoms with Gasteiger partial charge < -0.3 is 15.4 Å². The van der Waals surface area contributed by atoms with Crippen molar-refractivity contribution in [3.8, 4) is 5.75 Å². The Labute approximate surface area is 158 Å². The number of nitrogens with zero attached hydrogens (tertiary/aromatic N) is 2. The maximum atomic E-state index is 12.9. The number of hydrogen-bond acceptors (Lipinski definition) is 5. The molecule has 1 heterocycles. The van der Waals surface area contributed by atoms with Gasteiger partial charge in [-0.15, -0.1) is 0 Å². The average Bonchev–Trinajstić information content (AvgIpc) is 2.65. The Hall–Kier alpha value is -3.15. The molecule has 0 aliphatic carbocycles. The molecule has 0 atom stereocenters. The molecule has 27 heavy (non-hydrogen) atoms. The number of benzene rings is 2. The van der Waals surface area contributed by atoms with Crippen LogP contribution in [0.2, 0.25) is 0 Å². The number of rotatable bonds is 8. The van der Waals surface area contributed by atoms with Crippen LogP contribution >= 0.6 is 0 Å². The quantitative estimate of drug-likeness (QED) is 0.600. The van der Waals surface area contributed by atoms with Crippen molar-refractivity contribution in [2.75, 3.05) is 17.2 Å². The molecule has 2 aromatic carbocycles. The van der Waals surface area contributed by atoms with Crippen molar-refractivity contribution in [3.63, 3.8) is 0 Å². The van der Waals surface area contributed by atoms with Crippen molar-refractivity contribution in [2.24, 2.45) is 0 Å². The van der Waals surface area contributed by atoms with Crippen molar-refractivity contribution in [1.29, 1.82) is 0 Å². The van der Waals surface area contributed by atoms with Gasteiger partial charge in [-0.2, -0.15) is 4.98 Å². The van der Waals surface area contributed by atoms with Crippen LogP contribution in [0, 0.1) is 5.82 Å². The van der Waals surface area contributed by atoms with Gasteiger partial charge in [0.25, 0.3) is 0 Å².